The van der Waals surface area contributed by atoms with Crippen molar-refractivity contribution in [3.8, 4) is 11.4 Å². The Morgan fingerprint density at radius 3 is 2.74 bits per heavy atom. The Morgan fingerprint density at radius 1 is 1.13 bits per heavy atom. The molecule has 0 fully saturated rings. The molecular formula is C17H15BrClN3O. The molecule has 0 radical (unpaired) electrons. The highest BCUT2D eigenvalue weighted by Crippen LogP contribution is 2.21. The van der Waals surface area contributed by atoms with Crippen molar-refractivity contribution in [2.24, 2.45) is 0 Å². The summed E-state index contributed by atoms with van der Waals surface area (Å²) in [6, 6.07) is 15.6. The van der Waals surface area contributed by atoms with E-state index >= 15 is 0 Å². The third-order valence-corrected chi connectivity index (χ3v) is 4.36. The molecule has 0 N–H and O–H groups in total. The maximum absolute atomic E-state index is 5.99. The number of benzene rings is 2. The predicted octanol–water partition coefficient (Wildman–Crippen LogP) is 4.78. The molecule has 0 aliphatic carbocycles. The van der Waals surface area contributed by atoms with Gasteiger partial charge in [-0.1, -0.05) is 63.0 Å². The van der Waals surface area contributed by atoms with Crippen LogP contribution in [0.3, 0.4) is 0 Å². The normalized spacial score (nSPS) is 11.1. The maximum Gasteiger partial charge on any atom is 0.241 e. The average Bonchev–Trinajstić information content (AvgIpc) is 2.98. The van der Waals surface area contributed by atoms with E-state index in [-0.39, 0.29) is 0 Å². The van der Waals surface area contributed by atoms with Gasteiger partial charge in [0.25, 0.3) is 0 Å². The molecule has 4 nitrogen and oxygen atoms in total. The summed E-state index contributed by atoms with van der Waals surface area (Å²) in [6.45, 7) is 1.37. The molecule has 0 aliphatic rings. The molecule has 23 heavy (non-hydrogen) atoms. The molecule has 118 valence electrons. The van der Waals surface area contributed by atoms with E-state index in [0.29, 0.717) is 23.3 Å². The van der Waals surface area contributed by atoms with Crippen molar-refractivity contribution >= 4 is 27.5 Å². The second-order valence-electron chi connectivity index (χ2n) is 5.29. The van der Waals surface area contributed by atoms with Crippen molar-refractivity contribution in [3.63, 3.8) is 0 Å². The molecule has 0 bridgehead atoms. The first kappa shape index (κ1) is 16.2. The van der Waals surface area contributed by atoms with Crippen LogP contribution in [0, 0.1) is 0 Å². The van der Waals surface area contributed by atoms with Gasteiger partial charge >= 0.3 is 0 Å². The summed E-state index contributed by atoms with van der Waals surface area (Å²) in [6.07, 6.45) is 0. The average molecular weight is 393 g/mol. The summed E-state index contributed by atoms with van der Waals surface area (Å²) in [5.41, 5.74) is 2.06. The van der Waals surface area contributed by atoms with E-state index in [2.05, 4.69) is 37.0 Å². The van der Waals surface area contributed by atoms with Crippen LogP contribution in [0.15, 0.2) is 57.5 Å². The monoisotopic (exact) mass is 391 g/mol. The minimum absolute atomic E-state index is 0.553. The van der Waals surface area contributed by atoms with Crippen molar-refractivity contribution in [2.45, 2.75) is 13.1 Å². The lowest BCUT2D eigenvalue weighted by atomic mass is 10.2. The summed E-state index contributed by atoms with van der Waals surface area (Å²) in [5.74, 6) is 1.13. The molecule has 2 aromatic carbocycles. The second kappa shape index (κ2) is 7.25. The molecule has 0 aliphatic heterocycles. The number of halogens is 2. The predicted molar refractivity (Wildman–Crippen MR) is 94.1 cm³/mol. The molecule has 3 rings (SSSR count). The van der Waals surface area contributed by atoms with Gasteiger partial charge in [0, 0.05) is 21.6 Å². The van der Waals surface area contributed by atoms with Gasteiger partial charge in [-0.15, -0.1) is 0 Å². The summed E-state index contributed by atoms with van der Waals surface area (Å²) >= 11 is 9.55. The van der Waals surface area contributed by atoms with Crippen molar-refractivity contribution in [2.75, 3.05) is 7.05 Å². The molecule has 0 saturated carbocycles. The minimum Gasteiger partial charge on any atom is -0.338 e. The van der Waals surface area contributed by atoms with Crippen LogP contribution in [0.25, 0.3) is 11.4 Å². The lowest BCUT2D eigenvalue weighted by Crippen LogP contribution is -2.17. The quantitative estimate of drug-likeness (QED) is 0.626. The van der Waals surface area contributed by atoms with E-state index in [1.165, 1.54) is 5.56 Å². The Balaban J connectivity index is 1.68. The molecule has 0 atom stereocenters. The van der Waals surface area contributed by atoms with Gasteiger partial charge in [0.2, 0.25) is 11.7 Å². The summed E-state index contributed by atoms with van der Waals surface area (Å²) in [4.78, 5) is 6.56. The van der Waals surface area contributed by atoms with E-state index in [1.54, 1.807) is 0 Å². The van der Waals surface area contributed by atoms with E-state index in [4.69, 9.17) is 16.1 Å². The summed E-state index contributed by atoms with van der Waals surface area (Å²) < 4.78 is 6.43. The van der Waals surface area contributed by atoms with Crippen molar-refractivity contribution in [1.82, 2.24) is 15.0 Å². The molecule has 1 heterocycles. The van der Waals surface area contributed by atoms with E-state index < -0.39 is 0 Å². The number of hydrogen-bond acceptors (Lipinski definition) is 4. The molecule has 0 unspecified atom stereocenters. The molecule has 3 aromatic rings. The molecule has 1 aromatic heterocycles. The molecule has 0 spiro atoms. The Hall–Kier alpha value is -1.69. The van der Waals surface area contributed by atoms with Crippen molar-refractivity contribution in [1.29, 1.82) is 0 Å². The fourth-order valence-corrected chi connectivity index (χ4v) is 2.87. The van der Waals surface area contributed by atoms with Crippen LogP contribution in [0.5, 0.6) is 0 Å². The van der Waals surface area contributed by atoms with E-state index in [9.17, 15) is 0 Å². The van der Waals surface area contributed by atoms with Gasteiger partial charge in [0.05, 0.1) is 6.54 Å². The molecule has 0 saturated heterocycles. The van der Waals surface area contributed by atoms with Crippen LogP contribution >= 0.6 is 27.5 Å². The largest absolute Gasteiger partial charge is 0.338 e. The first-order valence-electron chi connectivity index (χ1n) is 7.12. The zero-order valence-corrected chi connectivity index (χ0v) is 14.9. The Morgan fingerprint density at radius 2 is 1.96 bits per heavy atom. The van der Waals surface area contributed by atoms with Crippen LogP contribution in [0.1, 0.15) is 11.5 Å². The van der Waals surface area contributed by atoms with Crippen LogP contribution in [0.2, 0.25) is 5.02 Å². The zero-order chi connectivity index (χ0) is 16.2. The standard InChI is InChI=1S/C17H15BrClN3O/c1-22(10-13-5-2-3-8-15(13)18)11-16-20-17(21-23-16)12-6-4-7-14(19)9-12/h2-9H,10-11H2,1H3. The van der Waals surface area contributed by atoms with E-state index in [1.807, 2.05) is 49.5 Å². The Labute approximate surface area is 148 Å². The smallest absolute Gasteiger partial charge is 0.241 e. The minimum atomic E-state index is 0.553. The Bertz CT molecular complexity index is 806. The highest BCUT2D eigenvalue weighted by Gasteiger charge is 2.12. The highest BCUT2D eigenvalue weighted by atomic mass is 79.9. The molecule has 6 heteroatoms. The van der Waals surface area contributed by atoms with Crippen molar-refractivity contribution < 1.29 is 4.52 Å². The van der Waals surface area contributed by atoms with Gasteiger partial charge < -0.3 is 4.52 Å². The van der Waals surface area contributed by atoms with Gasteiger partial charge in [0.15, 0.2) is 0 Å². The SMILES string of the molecule is CN(Cc1nc(-c2cccc(Cl)c2)no1)Cc1ccccc1Br. The third-order valence-electron chi connectivity index (χ3n) is 3.35. The third kappa shape index (κ3) is 4.19. The number of hydrogen-bond donors (Lipinski definition) is 0. The topological polar surface area (TPSA) is 42.2 Å². The molecule has 0 amide bonds. The number of nitrogens with zero attached hydrogens (tertiary/aromatic N) is 3. The lowest BCUT2D eigenvalue weighted by molar-refractivity contribution is 0.260. The number of rotatable bonds is 5. The second-order valence-corrected chi connectivity index (χ2v) is 6.58. The van der Waals surface area contributed by atoms with Gasteiger partial charge in [-0.25, -0.2) is 0 Å². The van der Waals surface area contributed by atoms with Gasteiger partial charge in [-0.2, -0.15) is 4.98 Å². The maximum atomic E-state index is 5.99. The van der Waals surface area contributed by atoms with Crippen LogP contribution in [0.4, 0.5) is 0 Å². The first-order chi connectivity index (χ1) is 11.1. The Kier molecular flexibility index (Phi) is 5.10. The molecular weight excluding hydrogens is 378 g/mol. The summed E-state index contributed by atoms with van der Waals surface area (Å²) in [7, 11) is 2.02. The van der Waals surface area contributed by atoms with Crippen molar-refractivity contribution in [3.05, 3.63) is 69.5 Å². The number of aromatic nitrogens is 2. The van der Waals surface area contributed by atoms with Gasteiger partial charge in [-0.3, -0.25) is 4.90 Å². The zero-order valence-electron chi connectivity index (χ0n) is 12.5. The first-order valence-corrected chi connectivity index (χ1v) is 8.29. The van der Waals surface area contributed by atoms with E-state index in [0.717, 1.165) is 16.6 Å². The van der Waals surface area contributed by atoms with Crippen LogP contribution < -0.4 is 0 Å². The highest BCUT2D eigenvalue weighted by molar-refractivity contribution is 9.10. The fraction of sp³-hybridized carbons (Fsp3) is 0.176. The van der Waals surface area contributed by atoms with Gasteiger partial charge in [0.1, 0.15) is 0 Å². The summed E-state index contributed by atoms with van der Waals surface area (Å²) in [5, 5.41) is 4.68. The van der Waals surface area contributed by atoms with Crippen LogP contribution in [-0.4, -0.2) is 22.1 Å². The van der Waals surface area contributed by atoms with Crippen LogP contribution in [-0.2, 0) is 13.1 Å². The van der Waals surface area contributed by atoms with Gasteiger partial charge in [-0.05, 0) is 30.8 Å². The fourth-order valence-electron chi connectivity index (χ4n) is 2.27. The lowest BCUT2D eigenvalue weighted by Gasteiger charge is -2.15.